The summed E-state index contributed by atoms with van der Waals surface area (Å²) in [5.74, 6) is -0.714. The summed E-state index contributed by atoms with van der Waals surface area (Å²) in [6.45, 7) is 1.47. The topological polar surface area (TPSA) is 178 Å². The first kappa shape index (κ1) is 30.2. The molecule has 0 aromatic heterocycles. The van der Waals surface area contributed by atoms with E-state index in [1.165, 1.54) is 6.92 Å². The molecule has 11 nitrogen and oxygen atoms in total. The lowest BCUT2D eigenvalue weighted by atomic mass is 10.1. The van der Waals surface area contributed by atoms with Crippen molar-refractivity contribution in [3.63, 3.8) is 0 Å². The van der Waals surface area contributed by atoms with Gasteiger partial charge in [-0.25, -0.2) is 4.79 Å². The van der Waals surface area contributed by atoms with E-state index >= 15 is 0 Å². The number of aliphatic imine (C=N–C) groups is 1. The largest absolute Gasteiger partial charge is 0.445 e. The molecule has 0 radical (unpaired) electrons. The van der Waals surface area contributed by atoms with Gasteiger partial charge in [0, 0.05) is 12.3 Å². The summed E-state index contributed by atoms with van der Waals surface area (Å²) in [6, 6.07) is 16.9. The Labute approximate surface area is 226 Å². The number of nitrogens with zero attached hydrogens (tertiary/aromatic N) is 1. The average molecular weight is 543 g/mol. The zero-order chi connectivity index (χ0) is 27.8. The smallest absolute Gasteiger partial charge is 0.408 e. The zero-order valence-corrected chi connectivity index (χ0v) is 22.0. The molecule has 0 fully saturated rings. The molecule has 7 N–H and O–H groups in total. The molecular formula is C26H34N6O5S. The highest BCUT2D eigenvalue weighted by atomic mass is 32.2. The van der Waals surface area contributed by atoms with Crippen LogP contribution >= 0.6 is 11.8 Å². The first-order chi connectivity index (χ1) is 18.2. The van der Waals surface area contributed by atoms with E-state index in [4.69, 9.17) is 16.2 Å². The van der Waals surface area contributed by atoms with Crippen LogP contribution in [0.4, 0.5) is 4.79 Å². The third-order valence-electron chi connectivity index (χ3n) is 5.15. The van der Waals surface area contributed by atoms with Gasteiger partial charge in [0.05, 0.1) is 12.6 Å². The molecule has 38 heavy (non-hydrogen) atoms. The standard InChI is InChI=1S/C26H34N6O5S/c1-18(31-26(36)37-16-19-9-4-2-5-10-19)23(34)30-15-22(33)32-21(13-8-14-29-25(27)28)24(35)38-17-20-11-6-3-7-12-20/h2-7,9-12,18,21H,8,13-17H2,1H3,(H,30,34)(H,31,36)(H,32,33)(H4,27,28,29)/t18-,21-/m0/s1. The van der Waals surface area contributed by atoms with Crippen molar-refractivity contribution in [1.29, 1.82) is 0 Å². The molecule has 0 saturated carbocycles. The lowest BCUT2D eigenvalue weighted by molar-refractivity contribution is -0.128. The highest BCUT2D eigenvalue weighted by Gasteiger charge is 2.22. The monoisotopic (exact) mass is 542 g/mol. The van der Waals surface area contributed by atoms with Crippen LogP contribution < -0.4 is 27.4 Å². The number of hydrogen-bond donors (Lipinski definition) is 5. The summed E-state index contributed by atoms with van der Waals surface area (Å²) < 4.78 is 5.10. The minimum absolute atomic E-state index is 0.0512. The van der Waals surface area contributed by atoms with E-state index in [1.54, 1.807) is 12.1 Å². The van der Waals surface area contributed by atoms with Crippen molar-refractivity contribution in [2.45, 2.75) is 44.2 Å². The molecule has 2 aromatic rings. The maximum absolute atomic E-state index is 12.8. The molecule has 0 spiro atoms. The van der Waals surface area contributed by atoms with Gasteiger partial charge < -0.3 is 32.2 Å². The summed E-state index contributed by atoms with van der Waals surface area (Å²) in [5, 5.41) is 7.32. The summed E-state index contributed by atoms with van der Waals surface area (Å²) in [7, 11) is 0. The predicted molar refractivity (Wildman–Crippen MR) is 147 cm³/mol. The number of carbonyl (C=O) groups is 4. The Bertz CT molecular complexity index is 1080. The average Bonchev–Trinajstić information content (AvgIpc) is 2.91. The second kappa shape index (κ2) is 16.6. The quantitative estimate of drug-likeness (QED) is 0.135. The number of carbonyl (C=O) groups excluding carboxylic acids is 4. The fourth-order valence-corrected chi connectivity index (χ4v) is 4.03. The van der Waals surface area contributed by atoms with Gasteiger partial charge in [0.15, 0.2) is 5.96 Å². The van der Waals surface area contributed by atoms with Gasteiger partial charge in [0.2, 0.25) is 16.9 Å². The number of nitrogens with two attached hydrogens (primary N) is 2. The molecule has 0 heterocycles. The fourth-order valence-electron chi connectivity index (χ4n) is 3.15. The Hall–Kier alpha value is -4.06. The van der Waals surface area contributed by atoms with E-state index in [-0.39, 0.29) is 24.2 Å². The maximum Gasteiger partial charge on any atom is 0.408 e. The van der Waals surface area contributed by atoms with Crippen LogP contribution in [0.2, 0.25) is 0 Å². The first-order valence-electron chi connectivity index (χ1n) is 12.0. The minimum Gasteiger partial charge on any atom is -0.445 e. The van der Waals surface area contributed by atoms with E-state index in [1.807, 2.05) is 48.5 Å². The molecule has 2 atom stereocenters. The third kappa shape index (κ3) is 12.3. The van der Waals surface area contributed by atoms with Crippen LogP contribution in [0.15, 0.2) is 65.7 Å². The number of thioether (sulfide) groups is 1. The van der Waals surface area contributed by atoms with E-state index in [0.717, 1.165) is 22.9 Å². The number of amides is 3. The maximum atomic E-state index is 12.8. The van der Waals surface area contributed by atoms with Crippen LogP contribution in [-0.2, 0) is 31.5 Å². The lowest BCUT2D eigenvalue weighted by Crippen LogP contribution is -2.49. The highest BCUT2D eigenvalue weighted by molar-refractivity contribution is 8.13. The van der Waals surface area contributed by atoms with E-state index in [2.05, 4.69) is 20.9 Å². The summed E-state index contributed by atoms with van der Waals surface area (Å²) in [5.41, 5.74) is 12.5. The van der Waals surface area contributed by atoms with Crippen molar-refractivity contribution in [2.75, 3.05) is 13.1 Å². The summed E-state index contributed by atoms with van der Waals surface area (Å²) in [4.78, 5) is 53.5. The summed E-state index contributed by atoms with van der Waals surface area (Å²) in [6.07, 6.45) is 0.0316. The number of guanidine groups is 1. The van der Waals surface area contributed by atoms with Crippen LogP contribution in [0.3, 0.4) is 0 Å². The Kier molecular flexibility index (Phi) is 13.2. The minimum atomic E-state index is -0.940. The number of ether oxygens (including phenoxy) is 1. The molecule has 3 amide bonds. The Morgan fingerprint density at radius 1 is 0.947 bits per heavy atom. The van der Waals surface area contributed by atoms with Crippen molar-refractivity contribution in [3.05, 3.63) is 71.8 Å². The lowest BCUT2D eigenvalue weighted by Gasteiger charge is -2.18. The molecule has 12 heteroatoms. The van der Waals surface area contributed by atoms with Crippen LogP contribution in [0.1, 0.15) is 30.9 Å². The van der Waals surface area contributed by atoms with Crippen LogP contribution in [-0.4, -0.2) is 54.2 Å². The molecular weight excluding hydrogens is 508 g/mol. The fraction of sp³-hybridized carbons (Fsp3) is 0.346. The van der Waals surface area contributed by atoms with Crippen molar-refractivity contribution >= 4 is 40.7 Å². The number of benzene rings is 2. The van der Waals surface area contributed by atoms with Gasteiger partial charge in [-0.05, 0) is 30.9 Å². The van der Waals surface area contributed by atoms with Crippen LogP contribution in [0.5, 0.6) is 0 Å². The first-order valence-corrected chi connectivity index (χ1v) is 13.0. The highest BCUT2D eigenvalue weighted by Crippen LogP contribution is 2.16. The number of alkyl carbamates (subject to hydrolysis) is 1. The van der Waals surface area contributed by atoms with Gasteiger partial charge >= 0.3 is 6.09 Å². The van der Waals surface area contributed by atoms with E-state index in [9.17, 15) is 19.2 Å². The molecule has 0 aliphatic carbocycles. The molecule has 2 aromatic carbocycles. The Morgan fingerprint density at radius 3 is 2.21 bits per heavy atom. The van der Waals surface area contributed by atoms with Gasteiger partial charge in [0.1, 0.15) is 12.6 Å². The van der Waals surface area contributed by atoms with E-state index < -0.39 is 30.0 Å². The second-order valence-electron chi connectivity index (χ2n) is 8.31. The molecule has 0 aliphatic rings. The molecule has 0 bridgehead atoms. The normalized spacial score (nSPS) is 11.9. The number of nitrogens with one attached hydrogen (secondary N) is 3. The zero-order valence-electron chi connectivity index (χ0n) is 21.2. The molecule has 204 valence electrons. The second-order valence-corrected chi connectivity index (χ2v) is 9.29. The van der Waals surface area contributed by atoms with Crippen LogP contribution in [0, 0.1) is 0 Å². The SMILES string of the molecule is C[C@H](NC(=O)OCc1ccccc1)C(=O)NCC(=O)N[C@@H](CCCN=C(N)N)C(=O)SCc1ccccc1. The van der Waals surface area contributed by atoms with Gasteiger partial charge in [0.25, 0.3) is 0 Å². The van der Waals surface area contributed by atoms with Crippen molar-refractivity contribution in [3.8, 4) is 0 Å². The van der Waals surface area contributed by atoms with Gasteiger partial charge in [-0.15, -0.1) is 0 Å². The molecule has 2 rings (SSSR count). The molecule has 0 unspecified atom stereocenters. The van der Waals surface area contributed by atoms with Gasteiger partial charge in [-0.3, -0.25) is 19.4 Å². The Balaban J connectivity index is 1.80. The van der Waals surface area contributed by atoms with Crippen molar-refractivity contribution in [2.24, 2.45) is 16.5 Å². The summed E-state index contributed by atoms with van der Waals surface area (Å²) >= 11 is 1.10. The predicted octanol–water partition coefficient (Wildman–Crippen LogP) is 1.42. The number of hydrogen-bond acceptors (Lipinski definition) is 7. The van der Waals surface area contributed by atoms with Gasteiger partial charge in [-0.1, -0.05) is 72.4 Å². The molecule has 0 saturated heterocycles. The van der Waals surface area contributed by atoms with Crippen LogP contribution in [0.25, 0.3) is 0 Å². The molecule has 0 aliphatic heterocycles. The van der Waals surface area contributed by atoms with Crippen molar-refractivity contribution in [1.82, 2.24) is 16.0 Å². The third-order valence-corrected chi connectivity index (χ3v) is 6.20. The van der Waals surface area contributed by atoms with Gasteiger partial charge in [-0.2, -0.15) is 0 Å². The Morgan fingerprint density at radius 2 is 1.58 bits per heavy atom. The van der Waals surface area contributed by atoms with E-state index in [0.29, 0.717) is 25.1 Å². The van der Waals surface area contributed by atoms with Crippen molar-refractivity contribution < 1.29 is 23.9 Å². The number of rotatable bonds is 14.